The van der Waals surface area contributed by atoms with Crippen LogP contribution in [0.25, 0.3) is 0 Å². The largest absolute Gasteiger partial charge is 0.361 e. The zero-order valence-corrected chi connectivity index (χ0v) is 11.7. The Morgan fingerprint density at radius 2 is 2.40 bits per heavy atom. The molecule has 3 heterocycles. The molecular weight excluding hydrogens is 256 g/mol. The highest BCUT2D eigenvalue weighted by Gasteiger charge is 2.28. The summed E-state index contributed by atoms with van der Waals surface area (Å²) in [5, 5.41) is 10.9. The molecule has 1 amide bonds. The van der Waals surface area contributed by atoms with Gasteiger partial charge in [-0.3, -0.25) is 9.89 Å². The Bertz CT molecular complexity index is 583. The van der Waals surface area contributed by atoms with Crippen LogP contribution in [0.5, 0.6) is 0 Å². The smallest absolute Gasteiger partial charge is 0.227 e. The Hall–Kier alpha value is -2.11. The van der Waals surface area contributed by atoms with Gasteiger partial charge >= 0.3 is 0 Å². The summed E-state index contributed by atoms with van der Waals surface area (Å²) in [4.78, 5) is 14.3. The van der Waals surface area contributed by atoms with Crippen LogP contribution in [0.1, 0.15) is 35.1 Å². The molecule has 1 saturated heterocycles. The Balaban J connectivity index is 1.65. The van der Waals surface area contributed by atoms with E-state index in [1.54, 1.807) is 6.20 Å². The molecule has 6 nitrogen and oxygen atoms in total. The van der Waals surface area contributed by atoms with Crippen LogP contribution in [-0.2, 0) is 11.2 Å². The quantitative estimate of drug-likeness (QED) is 0.922. The van der Waals surface area contributed by atoms with Crippen molar-refractivity contribution in [2.45, 2.75) is 32.6 Å². The van der Waals surface area contributed by atoms with Crippen LogP contribution < -0.4 is 0 Å². The second-order valence-electron chi connectivity index (χ2n) is 5.32. The number of hydrogen-bond donors (Lipinski definition) is 1. The second-order valence-corrected chi connectivity index (χ2v) is 5.32. The number of aromatic nitrogens is 3. The molecule has 2 aromatic rings. The van der Waals surface area contributed by atoms with E-state index in [-0.39, 0.29) is 5.91 Å². The van der Waals surface area contributed by atoms with Gasteiger partial charge in [0.25, 0.3) is 0 Å². The summed E-state index contributed by atoms with van der Waals surface area (Å²) in [7, 11) is 0. The van der Waals surface area contributed by atoms with E-state index in [0.29, 0.717) is 12.3 Å². The van der Waals surface area contributed by atoms with Crippen LogP contribution in [0.3, 0.4) is 0 Å². The molecule has 106 valence electrons. The number of likely N-dealkylation sites (tertiary alicyclic amines) is 1. The average molecular weight is 274 g/mol. The lowest BCUT2D eigenvalue weighted by atomic mass is 10.1. The van der Waals surface area contributed by atoms with Crippen LogP contribution in [-0.4, -0.2) is 39.3 Å². The standard InChI is InChI=1S/C14H18N4O2/c1-9-12(10(2)20-17-9)7-14(19)18-6-4-11(8-18)13-3-5-15-16-13/h3,5,11H,4,6-8H2,1-2H3,(H,15,16)/t11-/m0/s1. The molecule has 0 aromatic carbocycles. The fraction of sp³-hybridized carbons (Fsp3) is 0.500. The third kappa shape index (κ3) is 2.33. The summed E-state index contributed by atoms with van der Waals surface area (Å²) in [6, 6.07) is 1.98. The lowest BCUT2D eigenvalue weighted by molar-refractivity contribution is -0.129. The molecule has 1 aliphatic rings. The van der Waals surface area contributed by atoms with E-state index in [4.69, 9.17) is 4.52 Å². The van der Waals surface area contributed by atoms with Crippen molar-refractivity contribution in [1.82, 2.24) is 20.3 Å². The third-order valence-corrected chi connectivity index (χ3v) is 4.01. The normalized spacial score (nSPS) is 18.7. The Morgan fingerprint density at radius 3 is 3.05 bits per heavy atom. The highest BCUT2D eigenvalue weighted by atomic mass is 16.5. The second kappa shape index (κ2) is 5.11. The maximum atomic E-state index is 12.4. The lowest BCUT2D eigenvalue weighted by Gasteiger charge is -2.16. The Morgan fingerprint density at radius 1 is 1.55 bits per heavy atom. The molecule has 1 N–H and O–H groups in total. The number of carbonyl (C=O) groups is 1. The summed E-state index contributed by atoms with van der Waals surface area (Å²) in [5.41, 5.74) is 2.83. The van der Waals surface area contributed by atoms with Crippen LogP contribution in [0.2, 0.25) is 0 Å². The van der Waals surface area contributed by atoms with Crippen molar-refractivity contribution in [2.75, 3.05) is 13.1 Å². The van der Waals surface area contributed by atoms with Gasteiger partial charge in [0.05, 0.1) is 12.1 Å². The van der Waals surface area contributed by atoms with Gasteiger partial charge in [0.15, 0.2) is 0 Å². The molecule has 1 aliphatic heterocycles. The number of nitrogens with one attached hydrogen (secondary N) is 1. The first-order valence-corrected chi connectivity index (χ1v) is 6.84. The Labute approximate surface area is 117 Å². The van der Waals surface area contributed by atoms with Crippen LogP contribution >= 0.6 is 0 Å². The zero-order valence-electron chi connectivity index (χ0n) is 11.7. The van der Waals surface area contributed by atoms with Gasteiger partial charge in [-0.05, 0) is 26.3 Å². The zero-order chi connectivity index (χ0) is 14.1. The van der Waals surface area contributed by atoms with E-state index in [1.807, 2.05) is 24.8 Å². The van der Waals surface area contributed by atoms with Crippen molar-refractivity contribution in [3.05, 3.63) is 35.0 Å². The maximum absolute atomic E-state index is 12.4. The fourth-order valence-electron chi connectivity index (χ4n) is 2.75. The minimum absolute atomic E-state index is 0.140. The highest BCUT2D eigenvalue weighted by molar-refractivity contribution is 5.79. The molecular formula is C14H18N4O2. The van der Waals surface area contributed by atoms with E-state index in [0.717, 1.165) is 42.2 Å². The van der Waals surface area contributed by atoms with E-state index < -0.39 is 0 Å². The van der Waals surface area contributed by atoms with Crippen LogP contribution in [0.4, 0.5) is 0 Å². The highest BCUT2D eigenvalue weighted by Crippen LogP contribution is 2.26. The van der Waals surface area contributed by atoms with Crippen molar-refractivity contribution in [3.8, 4) is 0 Å². The number of aryl methyl sites for hydroxylation is 2. The first-order valence-electron chi connectivity index (χ1n) is 6.84. The summed E-state index contributed by atoms with van der Waals surface area (Å²) in [5.74, 6) is 1.24. The van der Waals surface area contributed by atoms with Crippen molar-refractivity contribution in [1.29, 1.82) is 0 Å². The predicted octanol–water partition coefficient (Wildman–Crippen LogP) is 1.57. The first kappa shape index (κ1) is 12.9. The van der Waals surface area contributed by atoms with E-state index in [2.05, 4.69) is 15.4 Å². The molecule has 0 aliphatic carbocycles. The van der Waals surface area contributed by atoms with Crippen LogP contribution in [0.15, 0.2) is 16.8 Å². The number of aromatic amines is 1. The number of amides is 1. The van der Waals surface area contributed by atoms with Gasteiger partial charge < -0.3 is 9.42 Å². The fourth-order valence-corrected chi connectivity index (χ4v) is 2.75. The number of hydrogen-bond acceptors (Lipinski definition) is 4. The molecule has 3 rings (SSSR count). The third-order valence-electron chi connectivity index (χ3n) is 4.01. The van der Waals surface area contributed by atoms with E-state index in [9.17, 15) is 4.79 Å². The van der Waals surface area contributed by atoms with Gasteiger partial charge in [-0.15, -0.1) is 0 Å². The topological polar surface area (TPSA) is 75.0 Å². The van der Waals surface area contributed by atoms with Gasteiger partial charge in [0, 0.05) is 36.5 Å². The summed E-state index contributed by atoms with van der Waals surface area (Å²) >= 11 is 0. The number of H-pyrrole nitrogens is 1. The summed E-state index contributed by atoms with van der Waals surface area (Å²) in [6.45, 7) is 5.27. The molecule has 2 aromatic heterocycles. The summed E-state index contributed by atoms with van der Waals surface area (Å²) in [6.07, 6.45) is 3.11. The van der Waals surface area contributed by atoms with Crippen molar-refractivity contribution in [3.63, 3.8) is 0 Å². The molecule has 0 unspecified atom stereocenters. The molecule has 20 heavy (non-hydrogen) atoms. The first-order chi connectivity index (χ1) is 9.65. The Kier molecular flexibility index (Phi) is 3.30. The number of rotatable bonds is 3. The van der Waals surface area contributed by atoms with E-state index >= 15 is 0 Å². The van der Waals surface area contributed by atoms with Gasteiger partial charge in [0.2, 0.25) is 5.91 Å². The molecule has 0 spiro atoms. The molecule has 0 bridgehead atoms. The minimum Gasteiger partial charge on any atom is -0.361 e. The van der Waals surface area contributed by atoms with Crippen LogP contribution in [0, 0.1) is 13.8 Å². The molecule has 0 saturated carbocycles. The molecule has 1 fully saturated rings. The van der Waals surface area contributed by atoms with E-state index in [1.165, 1.54) is 0 Å². The van der Waals surface area contributed by atoms with Gasteiger partial charge in [-0.25, -0.2) is 0 Å². The average Bonchev–Trinajstić information content (AvgIpc) is 3.14. The van der Waals surface area contributed by atoms with Crippen molar-refractivity contribution in [2.24, 2.45) is 0 Å². The SMILES string of the molecule is Cc1noc(C)c1CC(=O)N1CC[C@H](c2ccn[nH]2)C1. The van der Waals surface area contributed by atoms with Gasteiger partial charge in [-0.2, -0.15) is 5.10 Å². The number of nitrogens with zero attached hydrogens (tertiary/aromatic N) is 3. The summed E-state index contributed by atoms with van der Waals surface area (Å²) < 4.78 is 5.10. The number of carbonyl (C=O) groups excluding carboxylic acids is 1. The molecule has 1 atom stereocenters. The molecule has 0 radical (unpaired) electrons. The molecule has 6 heteroatoms. The van der Waals surface area contributed by atoms with Gasteiger partial charge in [0.1, 0.15) is 5.76 Å². The lowest BCUT2D eigenvalue weighted by Crippen LogP contribution is -2.30. The van der Waals surface area contributed by atoms with Crippen molar-refractivity contribution >= 4 is 5.91 Å². The van der Waals surface area contributed by atoms with Gasteiger partial charge in [-0.1, -0.05) is 5.16 Å². The predicted molar refractivity (Wildman–Crippen MR) is 72.2 cm³/mol. The minimum atomic E-state index is 0.140. The maximum Gasteiger partial charge on any atom is 0.227 e. The van der Waals surface area contributed by atoms with Crippen molar-refractivity contribution < 1.29 is 9.32 Å². The monoisotopic (exact) mass is 274 g/mol.